The molecule has 0 spiro atoms. The monoisotopic (exact) mass is 298 g/mol. The van der Waals surface area contributed by atoms with E-state index in [1.165, 1.54) is 0 Å². The lowest BCUT2D eigenvalue weighted by Gasteiger charge is -2.02. The molecule has 1 aromatic carbocycles. The van der Waals surface area contributed by atoms with Crippen LogP contribution in [-0.2, 0) is 14.3 Å². The Bertz CT molecular complexity index is 417. The van der Waals surface area contributed by atoms with Gasteiger partial charge < -0.3 is 9.53 Å². The van der Waals surface area contributed by atoms with Crippen LogP contribution >= 0.6 is 15.9 Å². The van der Waals surface area contributed by atoms with Crippen molar-refractivity contribution in [3.63, 3.8) is 0 Å². The Morgan fingerprint density at radius 1 is 1.47 bits per heavy atom. The van der Waals surface area contributed by atoms with Crippen LogP contribution in [0.3, 0.4) is 0 Å². The topological polar surface area (TPSA) is 68.1 Å². The molecule has 0 saturated carbocycles. The molecular weight excluding hydrogens is 288 g/mol. The van der Waals surface area contributed by atoms with Gasteiger partial charge in [-0.25, -0.2) is 4.79 Å². The van der Waals surface area contributed by atoms with Crippen molar-refractivity contribution in [3.05, 3.63) is 28.7 Å². The van der Waals surface area contributed by atoms with Crippen LogP contribution in [0.25, 0.3) is 0 Å². The van der Waals surface area contributed by atoms with Gasteiger partial charge in [0.05, 0.1) is 12.3 Å². The van der Waals surface area contributed by atoms with E-state index in [0.717, 1.165) is 4.47 Å². The first-order chi connectivity index (χ1) is 8.17. The Morgan fingerprint density at radius 2 is 2.12 bits per heavy atom. The van der Waals surface area contributed by atoms with E-state index in [1.54, 1.807) is 31.2 Å². The Kier molecular flexibility index (Phi) is 5.48. The standard InChI is InChI=1S/C11H11BrN2O3/c1-2-17-11(16)10(7-15)14-13-9-5-3-8(12)4-6-9/h3-7,10H,2H2,1H3. The summed E-state index contributed by atoms with van der Waals surface area (Å²) in [6.07, 6.45) is 0.403. The van der Waals surface area contributed by atoms with E-state index in [2.05, 4.69) is 30.9 Å². The smallest absolute Gasteiger partial charge is 0.340 e. The number of hydrogen-bond donors (Lipinski definition) is 0. The van der Waals surface area contributed by atoms with Gasteiger partial charge in [0.2, 0.25) is 6.04 Å². The minimum absolute atomic E-state index is 0.205. The summed E-state index contributed by atoms with van der Waals surface area (Å²) in [5, 5.41) is 7.42. The summed E-state index contributed by atoms with van der Waals surface area (Å²) < 4.78 is 5.58. The number of nitrogens with zero attached hydrogens (tertiary/aromatic N) is 2. The van der Waals surface area contributed by atoms with Gasteiger partial charge in [-0.2, -0.15) is 10.2 Å². The number of esters is 1. The van der Waals surface area contributed by atoms with Crippen LogP contribution < -0.4 is 0 Å². The van der Waals surface area contributed by atoms with Crippen LogP contribution in [0.15, 0.2) is 39.0 Å². The van der Waals surface area contributed by atoms with Gasteiger partial charge >= 0.3 is 5.97 Å². The lowest BCUT2D eigenvalue weighted by molar-refractivity contribution is -0.145. The molecule has 17 heavy (non-hydrogen) atoms. The van der Waals surface area contributed by atoms with Gasteiger partial charge in [0.15, 0.2) is 6.29 Å². The predicted molar refractivity (Wildman–Crippen MR) is 65.1 cm³/mol. The quantitative estimate of drug-likeness (QED) is 0.363. The van der Waals surface area contributed by atoms with Crippen molar-refractivity contribution in [3.8, 4) is 0 Å². The van der Waals surface area contributed by atoms with Gasteiger partial charge in [0, 0.05) is 4.47 Å². The lowest BCUT2D eigenvalue weighted by atomic mass is 10.3. The molecule has 0 radical (unpaired) electrons. The third-order valence-electron chi connectivity index (χ3n) is 1.78. The molecule has 0 aliphatic rings. The van der Waals surface area contributed by atoms with Gasteiger partial charge in [-0.1, -0.05) is 15.9 Å². The Labute approximate surface area is 107 Å². The summed E-state index contributed by atoms with van der Waals surface area (Å²) in [4.78, 5) is 21.9. The molecular formula is C11H11BrN2O3. The number of benzene rings is 1. The number of rotatable bonds is 5. The zero-order valence-electron chi connectivity index (χ0n) is 9.17. The number of ether oxygens (including phenoxy) is 1. The second-order valence-electron chi connectivity index (χ2n) is 3.02. The summed E-state index contributed by atoms with van der Waals surface area (Å²) in [5.74, 6) is -0.691. The molecule has 0 aliphatic heterocycles. The van der Waals surface area contributed by atoms with E-state index in [1.807, 2.05) is 0 Å². The minimum atomic E-state index is -1.20. The van der Waals surface area contributed by atoms with Crippen LogP contribution in [0.4, 0.5) is 5.69 Å². The summed E-state index contributed by atoms with van der Waals surface area (Å²) in [6.45, 7) is 1.86. The van der Waals surface area contributed by atoms with Crippen LogP contribution in [0.1, 0.15) is 6.92 Å². The van der Waals surface area contributed by atoms with Crippen LogP contribution in [0.2, 0.25) is 0 Å². The fraction of sp³-hybridized carbons (Fsp3) is 0.273. The SMILES string of the molecule is CCOC(=O)C(C=O)N=Nc1ccc(Br)cc1. The Hall–Kier alpha value is -1.56. The van der Waals surface area contributed by atoms with Crippen molar-refractivity contribution in [2.75, 3.05) is 6.61 Å². The minimum Gasteiger partial charge on any atom is -0.464 e. The van der Waals surface area contributed by atoms with Gasteiger partial charge in [-0.05, 0) is 31.2 Å². The van der Waals surface area contributed by atoms with Crippen molar-refractivity contribution in [2.45, 2.75) is 13.0 Å². The zero-order valence-corrected chi connectivity index (χ0v) is 10.8. The highest BCUT2D eigenvalue weighted by Crippen LogP contribution is 2.17. The molecule has 0 heterocycles. The van der Waals surface area contributed by atoms with Gasteiger partial charge in [-0.15, -0.1) is 0 Å². The number of aldehydes is 1. The Morgan fingerprint density at radius 3 is 2.65 bits per heavy atom. The molecule has 6 heteroatoms. The molecule has 1 aromatic rings. The highest BCUT2D eigenvalue weighted by atomic mass is 79.9. The number of halogens is 1. The van der Waals surface area contributed by atoms with Crippen LogP contribution in [0.5, 0.6) is 0 Å². The van der Waals surface area contributed by atoms with Gasteiger partial charge in [0.1, 0.15) is 0 Å². The van der Waals surface area contributed by atoms with Crippen molar-refractivity contribution < 1.29 is 14.3 Å². The fourth-order valence-corrected chi connectivity index (χ4v) is 1.26. The molecule has 5 nitrogen and oxygen atoms in total. The number of azo groups is 1. The number of hydrogen-bond acceptors (Lipinski definition) is 5. The molecule has 1 rings (SSSR count). The summed E-state index contributed by atoms with van der Waals surface area (Å²) in [5.41, 5.74) is 0.560. The Balaban J connectivity index is 2.70. The van der Waals surface area contributed by atoms with Crippen molar-refractivity contribution in [2.24, 2.45) is 10.2 Å². The summed E-state index contributed by atoms with van der Waals surface area (Å²) in [7, 11) is 0. The molecule has 0 aliphatic carbocycles. The second-order valence-corrected chi connectivity index (χ2v) is 3.94. The first-order valence-corrected chi connectivity index (χ1v) is 5.75. The maximum atomic E-state index is 11.2. The van der Waals surface area contributed by atoms with E-state index in [0.29, 0.717) is 12.0 Å². The van der Waals surface area contributed by atoms with Crippen molar-refractivity contribution in [1.29, 1.82) is 0 Å². The molecule has 1 atom stereocenters. The molecule has 0 amide bonds. The van der Waals surface area contributed by atoms with Crippen LogP contribution in [0, 0.1) is 0 Å². The maximum Gasteiger partial charge on any atom is 0.340 e. The van der Waals surface area contributed by atoms with Crippen molar-refractivity contribution >= 4 is 33.9 Å². The summed E-state index contributed by atoms with van der Waals surface area (Å²) >= 11 is 3.28. The largest absolute Gasteiger partial charge is 0.464 e. The first-order valence-electron chi connectivity index (χ1n) is 4.95. The molecule has 0 fully saturated rings. The second kappa shape index (κ2) is 6.90. The highest BCUT2D eigenvalue weighted by Gasteiger charge is 2.17. The fourth-order valence-electron chi connectivity index (χ4n) is 0.994. The maximum absolute atomic E-state index is 11.2. The van der Waals surface area contributed by atoms with E-state index in [4.69, 9.17) is 0 Å². The van der Waals surface area contributed by atoms with Crippen LogP contribution in [-0.4, -0.2) is 24.9 Å². The molecule has 0 N–H and O–H groups in total. The van der Waals surface area contributed by atoms with E-state index in [9.17, 15) is 9.59 Å². The highest BCUT2D eigenvalue weighted by molar-refractivity contribution is 9.10. The average Bonchev–Trinajstić information content (AvgIpc) is 2.32. The third-order valence-corrected chi connectivity index (χ3v) is 2.31. The van der Waals surface area contributed by atoms with Gasteiger partial charge in [0.25, 0.3) is 0 Å². The molecule has 1 unspecified atom stereocenters. The molecule has 0 bridgehead atoms. The van der Waals surface area contributed by atoms with E-state index in [-0.39, 0.29) is 6.61 Å². The third kappa shape index (κ3) is 4.44. The first kappa shape index (κ1) is 13.5. The number of carbonyl (C=O) groups excluding carboxylic acids is 2. The number of carbonyl (C=O) groups is 2. The van der Waals surface area contributed by atoms with Gasteiger partial charge in [-0.3, -0.25) is 0 Å². The van der Waals surface area contributed by atoms with E-state index < -0.39 is 12.0 Å². The molecule has 0 saturated heterocycles. The predicted octanol–water partition coefficient (Wildman–Crippen LogP) is 2.66. The van der Waals surface area contributed by atoms with E-state index >= 15 is 0 Å². The molecule has 0 aromatic heterocycles. The lowest BCUT2D eigenvalue weighted by Crippen LogP contribution is -2.22. The normalized spacial score (nSPS) is 12.4. The average molecular weight is 299 g/mol. The summed E-state index contributed by atoms with van der Waals surface area (Å²) in [6, 6.07) is 5.79. The zero-order chi connectivity index (χ0) is 12.7. The van der Waals surface area contributed by atoms with Crippen molar-refractivity contribution in [1.82, 2.24) is 0 Å². The molecule has 90 valence electrons.